The first kappa shape index (κ1) is 17.7. The predicted octanol–water partition coefficient (Wildman–Crippen LogP) is 3.21. The van der Waals surface area contributed by atoms with E-state index in [-0.39, 0.29) is 22.8 Å². The van der Waals surface area contributed by atoms with Crippen molar-refractivity contribution < 1.29 is 9.72 Å². The van der Waals surface area contributed by atoms with Gasteiger partial charge in [-0.1, -0.05) is 34.1 Å². The lowest BCUT2D eigenvalue weighted by molar-refractivity contribution is -0.384. The summed E-state index contributed by atoms with van der Waals surface area (Å²) in [5.41, 5.74) is 1.21. The lowest BCUT2D eigenvalue weighted by atomic mass is 10.1. The van der Waals surface area contributed by atoms with E-state index in [0.29, 0.717) is 6.54 Å². The number of nitro groups is 1. The first-order valence-electron chi connectivity index (χ1n) is 7.59. The van der Waals surface area contributed by atoms with Crippen molar-refractivity contribution in [1.29, 1.82) is 0 Å². The van der Waals surface area contributed by atoms with Crippen LogP contribution in [0.25, 0.3) is 5.69 Å². The molecule has 132 valence electrons. The largest absolute Gasteiger partial charge is 0.337 e. The molecule has 0 unspecified atom stereocenters. The Bertz CT molecular complexity index is 959. The summed E-state index contributed by atoms with van der Waals surface area (Å²) in [5.74, 6) is -0.311. The van der Waals surface area contributed by atoms with Gasteiger partial charge in [0.05, 0.1) is 4.92 Å². The molecule has 2 aromatic carbocycles. The summed E-state index contributed by atoms with van der Waals surface area (Å²) in [6.07, 6.45) is 2.65. The van der Waals surface area contributed by atoms with Crippen molar-refractivity contribution in [2.24, 2.45) is 0 Å². The van der Waals surface area contributed by atoms with Crippen LogP contribution in [-0.2, 0) is 6.54 Å². The summed E-state index contributed by atoms with van der Waals surface area (Å²) >= 11 is 3.45. The normalized spacial score (nSPS) is 10.5. The van der Waals surface area contributed by atoms with E-state index in [1.807, 2.05) is 24.3 Å². The van der Waals surface area contributed by atoms with Crippen molar-refractivity contribution >= 4 is 27.5 Å². The molecule has 0 fully saturated rings. The van der Waals surface area contributed by atoms with E-state index in [2.05, 4.69) is 26.0 Å². The van der Waals surface area contributed by atoms with Crippen molar-refractivity contribution in [3.8, 4) is 5.69 Å². The van der Waals surface area contributed by atoms with Gasteiger partial charge < -0.3 is 4.90 Å². The minimum Gasteiger partial charge on any atom is -0.337 e. The summed E-state index contributed by atoms with van der Waals surface area (Å²) in [6, 6.07) is 11.9. The zero-order valence-electron chi connectivity index (χ0n) is 13.7. The molecule has 0 aliphatic carbocycles. The van der Waals surface area contributed by atoms with Crippen molar-refractivity contribution in [3.63, 3.8) is 0 Å². The number of carbonyl (C=O) groups is 1. The summed E-state index contributed by atoms with van der Waals surface area (Å²) in [6.45, 7) is 0.374. The highest BCUT2D eigenvalue weighted by Crippen LogP contribution is 2.25. The van der Waals surface area contributed by atoms with Gasteiger partial charge in [0.1, 0.15) is 18.3 Å². The highest BCUT2D eigenvalue weighted by Gasteiger charge is 2.21. The van der Waals surface area contributed by atoms with E-state index in [4.69, 9.17) is 0 Å². The second-order valence-corrected chi connectivity index (χ2v) is 6.41. The molecule has 9 heteroatoms. The van der Waals surface area contributed by atoms with Crippen LogP contribution >= 0.6 is 15.9 Å². The van der Waals surface area contributed by atoms with Gasteiger partial charge in [0.2, 0.25) is 0 Å². The number of halogens is 1. The number of nitro benzene ring substituents is 1. The fourth-order valence-corrected chi connectivity index (χ4v) is 2.91. The van der Waals surface area contributed by atoms with E-state index in [1.54, 1.807) is 13.1 Å². The fraction of sp³-hybridized carbons (Fsp3) is 0.118. The first-order chi connectivity index (χ1) is 12.5. The van der Waals surface area contributed by atoms with Crippen molar-refractivity contribution in [3.05, 3.63) is 80.8 Å². The second kappa shape index (κ2) is 7.44. The van der Waals surface area contributed by atoms with Gasteiger partial charge in [-0.3, -0.25) is 14.9 Å². The zero-order chi connectivity index (χ0) is 18.7. The van der Waals surface area contributed by atoms with Crippen LogP contribution in [0.3, 0.4) is 0 Å². The summed E-state index contributed by atoms with van der Waals surface area (Å²) in [4.78, 5) is 28.9. The molecule has 1 aromatic heterocycles. The van der Waals surface area contributed by atoms with Gasteiger partial charge in [0.25, 0.3) is 11.6 Å². The van der Waals surface area contributed by atoms with Crippen molar-refractivity contribution in [1.82, 2.24) is 19.7 Å². The zero-order valence-corrected chi connectivity index (χ0v) is 15.3. The number of hydrogen-bond acceptors (Lipinski definition) is 5. The maximum atomic E-state index is 12.7. The van der Waals surface area contributed by atoms with Crippen molar-refractivity contribution in [2.45, 2.75) is 6.54 Å². The summed E-state index contributed by atoms with van der Waals surface area (Å²) < 4.78 is 2.18. The number of nitrogens with zero attached hydrogens (tertiary/aromatic N) is 5. The van der Waals surface area contributed by atoms with E-state index in [1.165, 1.54) is 34.4 Å². The molecular formula is C17H14BrN5O3. The molecule has 0 atom stereocenters. The van der Waals surface area contributed by atoms with Gasteiger partial charge in [0, 0.05) is 29.7 Å². The molecule has 0 radical (unpaired) electrons. The molecule has 0 saturated carbocycles. The van der Waals surface area contributed by atoms with Crippen LogP contribution in [0, 0.1) is 10.1 Å². The van der Waals surface area contributed by atoms with Crippen LogP contribution in [0.4, 0.5) is 5.69 Å². The third-order valence-electron chi connectivity index (χ3n) is 3.80. The minimum absolute atomic E-state index is 0.212. The lowest BCUT2D eigenvalue weighted by Gasteiger charge is -2.18. The number of rotatable bonds is 5. The molecule has 0 aliphatic heterocycles. The maximum Gasteiger partial charge on any atom is 0.295 e. The van der Waals surface area contributed by atoms with E-state index in [9.17, 15) is 14.9 Å². The quantitative estimate of drug-likeness (QED) is 0.470. The van der Waals surface area contributed by atoms with Crippen LogP contribution in [0.2, 0.25) is 0 Å². The summed E-state index contributed by atoms with van der Waals surface area (Å²) in [5, 5.41) is 15.3. The molecule has 1 heterocycles. The number of amides is 1. The highest BCUT2D eigenvalue weighted by molar-refractivity contribution is 9.10. The fourth-order valence-electron chi connectivity index (χ4n) is 2.50. The average Bonchev–Trinajstić information content (AvgIpc) is 3.17. The predicted molar refractivity (Wildman–Crippen MR) is 98.0 cm³/mol. The Morgan fingerprint density at radius 3 is 2.73 bits per heavy atom. The Balaban J connectivity index is 1.89. The van der Waals surface area contributed by atoms with Gasteiger partial charge in [-0.25, -0.2) is 9.67 Å². The molecule has 1 amide bonds. The Kier molecular flexibility index (Phi) is 5.08. The molecule has 3 aromatic rings. The summed E-state index contributed by atoms with van der Waals surface area (Å²) in [7, 11) is 1.65. The molecular weight excluding hydrogens is 402 g/mol. The second-order valence-electron chi connectivity index (χ2n) is 5.55. The van der Waals surface area contributed by atoms with Crippen LogP contribution in [0.1, 0.15) is 15.9 Å². The van der Waals surface area contributed by atoms with Crippen LogP contribution in [0.5, 0.6) is 0 Å². The molecule has 26 heavy (non-hydrogen) atoms. The average molecular weight is 416 g/mol. The van der Waals surface area contributed by atoms with E-state index in [0.717, 1.165) is 10.0 Å². The molecule has 3 rings (SSSR count). The SMILES string of the molecule is CN(Cc1ccccc1Br)C(=O)c1ccc(-n2cncn2)c([N+](=O)[O-])c1. The molecule has 8 nitrogen and oxygen atoms in total. The number of carbonyl (C=O) groups excluding carboxylic acids is 1. The third-order valence-corrected chi connectivity index (χ3v) is 4.57. The standard InChI is InChI=1S/C17H14BrN5O3/c1-21(9-13-4-2-3-5-14(13)18)17(24)12-6-7-15(16(8-12)23(25)26)22-11-19-10-20-22/h2-8,10-11H,9H2,1H3. The van der Waals surface area contributed by atoms with Gasteiger partial charge in [-0.2, -0.15) is 5.10 Å². The Morgan fingerprint density at radius 1 is 1.31 bits per heavy atom. The Hall–Kier alpha value is -3.07. The number of aromatic nitrogens is 3. The van der Waals surface area contributed by atoms with Gasteiger partial charge >= 0.3 is 0 Å². The van der Waals surface area contributed by atoms with E-state index < -0.39 is 4.92 Å². The molecule has 0 spiro atoms. The number of hydrogen-bond donors (Lipinski definition) is 0. The van der Waals surface area contributed by atoms with Crippen LogP contribution in [0.15, 0.2) is 59.6 Å². The smallest absolute Gasteiger partial charge is 0.295 e. The van der Waals surface area contributed by atoms with Crippen molar-refractivity contribution in [2.75, 3.05) is 7.05 Å². The topological polar surface area (TPSA) is 94.2 Å². The minimum atomic E-state index is -0.540. The Morgan fingerprint density at radius 2 is 2.08 bits per heavy atom. The highest BCUT2D eigenvalue weighted by atomic mass is 79.9. The Labute approximate surface area is 157 Å². The monoisotopic (exact) mass is 415 g/mol. The molecule has 0 aliphatic rings. The van der Waals surface area contributed by atoms with Gasteiger partial charge in [0.15, 0.2) is 0 Å². The van der Waals surface area contributed by atoms with Gasteiger partial charge in [-0.05, 0) is 23.8 Å². The maximum absolute atomic E-state index is 12.7. The van der Waals surface area contributed by atoms with E-state index >= 15 is 0 Å². The molecule has 0 N–H and O–H groups in total. The molecule has 0 bridgehead atoms. The lowest BCUT2D eigenvalue weighted by Crippen LogP contribution is -2.26. The van der Waals surface area contributed by atoms with Crippen LogP contribution < -0.4 is 0 Å². The van der Waals surface area contributed by atoms with Crippen LogP contribution in [-0.4, -0.2) is 37.5 Å². The molecule has 0 saturated heterocycles. The number of benzene rings is 2. The van der Waals surface area contributed by atoms with Gasteiger partial charge in [-0.15, -0.1) is 0 Å². The third kappa shape index (κ3) is 3.62. The first-order valence-corrected chi connectivity index (χ1v) is 8.39.